The van der Waals surface area contributed by atoms with Crippen LogP contribution in [0.15, 0.2) is 58.7 Å². The van der Waals surface area contributed by atoms with Crippen molar-refractivity contribution in [2.75, 3.05) is 19.8 Å². The number of fused-ring (bicyclic) bond motifs is 3. The zero-order valence-corrected chi connectivity index (χ0v) is 39.0. The molecular weight excluding hydrogens is 793 g/mol. The molecule has 0 aromatic rings. The van der Waals surface area contributed by atoms with Crippen molar-refractivity contribution >= 4 is 11.8 Å². The summed E-state index contributed by atoms with van der Waals surface area (Å²) >= 11 is 0. The van der Waals surface area contributed by atoms with Gasteiger partial charge in [0.05, 0.1) is 37.1 Å². The maximum absolute atomic E-state index is 13.4. The molecule has 9 nitrogen and oxygen atoms in total. The Morgan fingerprint density at radius 3 is 2.51 bits per heavy atom. The first kappa shape index (κ1) is 44.4. The molecule has 0 aromatic carbocycles. The number of epoxide rings is 2. The normalized spacial score (nSPS) is 44.8. The topological polar surface area (TPSA) is 127 Å². The van der Waals surface area contributed by atoms with Crippen molar-refractivity contribution < 1.29 is 43.5 Å². The van der Waals surface area contributed by atoms with Crippen LogP contribution in [-0.2, 0) is 33.3 Å². The largest absolute Gasteiger partial charge is 0.457 e. The van der Waals surface area contributed by atoms with Gasteiger partial charge in [0.25, 0.3) is 0 Å². The summed E-state index contributed by atoms with van der Waals surface area (Å²) in [5, 5.41) is 22.8. The average molecular weight is 869 g/mol. The fourth-order valence-corrected chi connectivity index (χ4v) is 15.3. The molecule has 14 atom stereocenters. The lowest BCUT2D eigenvalue weighted by atomic mass is 9.46. The Bertz CT molecular complexity index is 1970. The summed E-state index contributed by atoms with van der Waals surface area (Å²) in [5.41, 5.74) is 4.24. The summed E-state index contributed by atoms with van der Waals surface area (Å²) in [6, 6.07) is 0. The van der Waals surface area contributed by atoms with Crippen LogP contribution in [0.5, 0.6) is 0 Å². The number of ether oxygens (including phenoxy) is 5. The van der Waals surface area contributed by atoms with Crippen molar-refractivity contribution in [1.29, 1.82) is 0 Å². The van der Waals surface area contributed by atoms with Gasteiger partial charge in [-0.1, -0.05) is 71.1 Å². The number of aliphatic hydroxyl groups is 2. The van der Waals surface area contributed by atoms with E-state index in [1.54, 1.807) is 5.57 Å². The smallest absolute Gasteiger partial charge is 0.306 e. The van der Waals surface area contributed by atoms with Gasteiger partial charge in [0.2, 0.25) is 0 Å². The van der Waals surface area contributed by atoms with Gasteiger partial charge in [0.15, 0.2) is 11.4 Å². The Morgan fingerprint density at radius 2 is 1.71 bits per heavy atom. The summed E-state index contributed by atoms with van der Waals surface area (Å²) in [5.74, 6) is 2.11. The number of aliphatic hydroxyl groups excluding tert-OH is 1. The summed E-state index contributed by atoms with van der Waals surface area (Å²) in [6.45, 7) is 17.1. The molecule has 0 amide bonds. The van der Waals surface area contributed by atoms with Crippen LogP contribution >= 0.6 is 0 Å². The van der Waals surface area contributed by atoms with Gasteiger partial charge in [-0.05, 0) is 160 Å². The Morgan fingerprint density at radius 1 is 0.905 bits per heavy atom. The summed E-state index contributed by atoms with van der Waals surface area (Å²) in [7, 11) is 0. The zero-order chi connectivity index (χ0) is 44.1. The summed E-state index contributed by atoms with van der Waals surface area (Å²) in [6.07, 6.45) is 23.7. The third kappa shape index (κ3) is 7.21. The SMILES string of the molecule is C=C1/C(=C\C=C2/CCC[C@@]3(C)C2CCC3[C@@H](C)/C=C/C(O)C2CC2)CCC[C@@H]1OC(=O)CCCCC(=O)CO[C@H]1[C@]23O[C@H]2CC2C4=C(CC[C@]2(C)[C@@]32O[C@H]2C[C@@]1(O)C(C)C)COC4. The van der Waals surface area contributed by atoms with Crippen LogP contribution in [0, 0.1) is 46.3 Å². The Kier molecular flexibility index (Phi) is 11.6. The molecule has 10 rings (SSSR count). The van der Waals surface area contributed by atoms with Crippen molar-refractivity contribution in [2.45, 2.75) is 198 Å². The molecule has 0 aromatic heterocycles. The number of ketones is 1. The molecule has 6 saturated carbocycles. The summed E-state index contributed by atoms with van der Waals surface area (Å²) in [4.78, 5) is 26.6. The van der Waals surface area contributed by atoms with Gasteiger partial charge in [-0.3, -0.25) is 9.59 Å². The van der Waals surface area contributed by atoms with Crippen LogP contribution in [0.1, 0.15) is 150 Å². The third-order valence-electron chi connectivity index (χ3n) is 19.2. The van der Waals surface area contributed by atoms with Crippen LogP contribution in [0.3, 0.4) is 0 Å². The number of unbranched alkanes of at least 4 members (excludes halogenated alkanes) is 1. The third-order valence-corrected chi connectivity index (χ3v) is 19.2. The number of carbonyl (C=O) groups is 2. The predicted molar refractivity (Wildman–Crippen MR) is 240 cm³/mol. The minimum absolute atomic E-state index is 0.0301. The van der Waals surface area contributed by atoms with Gasteiger partial charge < -0.3 is 33.9 Å². The molecule has 9 heteroatoms. The van der Waals surface area contributed by atoms with E-state index in [4.69, 9.17) is 23.7 Å². The van der Waals surface area contributed by atoms with E-state index in [-0.39, 0.29) is 65.9 Å². The van der Waals surface area contributed by atoms with Crippen LogP contribution in [0.4, 0.5) is 0 Å². The van der Waals surface area contributed by atoms with Crippen LogP contribution in [0.2, 0.25) is 0 Å². The highest BCUT2D eigenvalue weighted by molar-refractivity contribution is 5.79. The van der Waals surface area contributed by atoms with E-state index < -0.39 is 22.9 Å². The van der Waals surface area contributed by atoms with Gasteiger partial charge in [0.1, 0.15) is 24.4 Å². The number of rotatable bonds is 15. The molecule has 10 aliphatic rings. The summed E-state index contributed by atoms with van der Waals surface area (Å²) < 4.78 is 32.1. The average Bonchev–Trinajstić information content (AvgIpc) is 4.21. The maximum Gasteiger partial charge on any atom is 0.306 e. The van der Waals surface area contributed by atoms with E-state index >= 15 is 0 Å². The van der Waals surface area contributed by atoms with Crippen molar-refractivity contribution in [1.82, 2.24) is 0 Å². The number of allylic oxidation sites excluding steroid dienone is 4. The predicted octanol–water partition coefficient (Wildman–Crippen LogP) is 9.40. The molecule has 8 fully saturated rings. The molecule has 2 spiro atoms. The molecular formula is C54H76O9. The van der Waals surface area contributed by atoms with E-state index in [1.807, 2.05) is 13.8 Å². The molecule has 4 unspecified atom stereocenters. The van der Waals surface area contributed by atoms with Crippen LogP contribution in [0.25, 0.3) is 0 Å². The van der Waals surface area contributed by atoms with Crippen molar-refractivity contribution in [3.05, 3.63) is 58.7 Å². The molecule has 0 bridgehead atoms. The first-order valence-electron chi connectivity index (χ1n) is 25.3. The highest BCUT2D eigenvalue weighted by Crippen LogP contribution is 2.80. The van der Waals surface area contributed by atoms with Crippen molar-refractivity contribution in [3.8, 4) is 0 Å². The lowest BCUT2D eigenvalue weighted by Gasteiger charge is -2.57. The van der Waals surface area contributed by atoms with E-state index in [0.717, 1.165) is 70.0 Å². The van der Waals surface area contributed by atoms with E-state index in [9.17, 15) is 19.8 Å². The lowest BCUT2D eigenvalue weighted by Crippen LogP contribution is -2.72. The highest BCUT2D eigenvalue weighted by atomic mass is 16.7. The minimum Gasteiger partial charge on any atom is -0.457 e. The molecule has 3 aliphatic heterocycles. The van der Waals surface area contributed by atoms with E-state index in [2.05, 4.69) is 51.7 Å². The molecule has 2 N–H and O–H groups in total. The molecule has 63 heavy (non-hydrogen) atoms. The first-order valence-corrected chi connectivity index (χ1v) is 25.3. The van der Waals surface area contributed by atoms with E-state index in [0.29, 0.717) is 61.9 Å². The van der Waals surface area contributed by atoms with Gasteiger partial charge >= 0.3 is 5.97 Å². The van der Waals surface area contributed by atoms with Crippen molar-refractivity contribution in [3.63, 3.8) is 0 Å². The van der Waals surface area contributed by atoms with Crippen molar-refractivity contribution in [2.24, 2.45) is 46.3 Å². The molecule has 7 aliphatic carbocycles. The highest BCUT2D eigenvalue weighted by Gasteiger charge is 2.95. The quantitative estimate of drug-likeness (QED) is 0.0717. The fraction of sp³-hybridized carbons (Fsp3) is 0.778. The number of hydrogen-bond acceptors (Lipinski definition) is 9. The van der Waals surface area contributed by atoms with Gasteiger partial charge in [-0.25, -0.2) is 0 Å². The Hall–Kier alpha value is -2.40. The number of esters is 1. The lowest BCUT2D eigenvalue weighted by molar-refractivity contribution is -0.201. The first-order chi connectivity index (χ1) is 30.2. The second kappa shape index (κ2) is 16.4. The number of carbonyl (C=O) groups excluding carboxylic acids is 2. The Labute approximate surface area is 376 Å². The standard InChI is InChI=1S/C54H76O9/c1-32(2)52(58)28-47-54(63-47)51(6)26-24-38-29-59-31-40(38)43(51)27-46-53(54,62-46)49(52)60-30-39(55)13-7-8-15-48(57)61-45-14-9-11-35(34(45)4)17-18-36-12-10-25-50(5)41(21-22-42(36)50)33(3)16-23-44(56)37-19-20-37/h16-18,23,32-33,37,41-47,49,56,58H,4,7-15,19-22,24-31H2,1-3,5-6H3/b23-16+,35-17-,36-18+/t33-,41?,42?,43?,44?,45-,46-,47-,49+,50+,51-,52+,53+,54+/m0/s1. The second-order valence-electron chi connectivity index (χ2n) is 22.9. The fourth-order valence-electron chi connectivity index (χ4n) is 15.3. The van der Waals surface area contributed by atoms with Gasteiger partial charge in [-0.2, -0.15) is 0 Å². The molecule has 2 saturated heterocycles. The second-order valence-corrected chi connectivity index (χ2v) is 22.9. The number of hydrogen-bond donors (Lipinski definition) is 2. The number of Topliss-reactive ketones (excluding diaryl/α,β-unsaturated/α-hetero) is 1. The maximum atomic E-state index is 13.4. The van der Waals surface area contributed by atoms with Crippen LogP contribution in [-0.4, -0.2) is 89.1 Å². The van der Waals surface area contributed by atoms with E-state index in [1.165, 1.54) is 42.4 Å². The molecule has 3 heterocycles. The molecule has 346 valence electrons. The Balaban J connectivity index is 0.702. The minimum atomic E-state index is -1.18. The zero-order valence-electron chi connectivity index (χ0n) is 39.0. The van der Waals surface area contributed by atoms with Crippen LogP contribution < -0.4 is 0 Å². The monoisotopic (exact) mass is 869 g/mol. The van der Waals surface area contributed by atoms with Gasteiger partial charge in [-0.15, -0.1) is 0 Å². The van der Waals surface area contributed by atoms with Gasteiger partial charge in [0, 0.05) is 24.7 Å². The molecule has 0 radical (unpaired) electrons.